The summed E-state index contributed by atoms with van der Waals surface area (Å²) < 4.78 is 1.01. The number of rotatable bonds is 2. The molecule has 1 rings (SSSR count). The number of aryl methyl sites for hydroxylation is 1. The zero-order chi connectivity index (χ0) is 10.7. The highest BCUT2D eigenvalue weighted by atomic mass is 79.9. The zero-order valence-corrected chi connectivity index (χ0v) is 9.54. The van der Waals surface area contributed by atoms with E-state index in [4.69, 9.17) is 0 Å². The molecule has 0 saturated carbocycles. The van der Waals surface area contributed by atoms with E-state index in [9.17, 15) is 10.1 Å². The Morgan fingerprint density at radius 3 is 2.71 bits per heavy atom. The van der Waals surface area contributed by atoms with Gasteiger partial charge in [0.25, 0.3) is 0 Å². The summed E-state index contributed by atoms with van der Waals surface area (Å²) in [4.78, 5) is 9.99. The molecule has 0 aliphatic heterocycles. The second kappa shape index (κ2) is 4.37. The molecular formula is C10H10BrNO2. The highest BCUT2D eigenvalue weighted by Gasteiger charge is 2.02. The minimum absolute atomic E-state index is 0.145. The lowest BCUT2D eigenvalue weighted by Crippen LogP contribution is -1.93. The Balaban J connectivity index is 3.04. The third-order valence-corrected chi connectivity index (χ3v) is 2.74. The summed E-state index contributed by atoms with van der Waals surface area (Å²) in [5, 5.41) is 10.4. The predicted octanol–water partition coefficient (Wildman–Crippen LogP) is 3.40. The molecule has 0 bridgehead atoms. The molecule has 0 heterocycles. The van der Waals surface area contributed by atoms with Crippen LogP contribution in [0.5, 0.6) is 0 Å². The summed E-state index contributed by atoms with van der Waals surface area (Å²) in [6, 6.07) is 5.62. The molecule has 14 heavy (non-hydrogen) atoms. The first kappa shape index (κ1) is 10.9. The van der Waals surface area contributed by atoms with Gasteiger partial charge in [0.2, 0.25) is 5.70 Å². The van der Waals surface area contributed by atoms with Crippen molar-refractivity contribution in [1.29, 1.82) is 0 Å². The van der Waals surface area contributed by atoms with Crippen molar-refractivity contribution >= 4 is 22.0 Å². The van der Waals surface area contributed by atoms with Gasteiger partial charge in [-0.15, -0.1) is 0 Å². The van der Waals surface area contributed by atoms with Crippen LogP contribution in [0, 0.1) is 17.0 Å². The average molecular weight is 256 g/mol. The molecule has 0 amide bonds. The second-order valence-corrected chi connectivity index (χ2v) is 3.91. The van der Waals surface area contributed by atoms with Crippen LogP contribution < -0.4 is 0 Å². The number of benzene rings is 1. The van der Waals surface area contributed by atoms with Crippen molar-refractivity contribution in [1.82, 2.24) is 0 Å². The first-order chi connectivity index (χ1) is 6.50. The van der Waals surface area contributed by atoms with Crippen LogP contribution in [0.15, 0.2) is 28.4 Å². The standard InChI is InChI=1S/C10H10BrNO2/c1-7-5-9(3-4-10(7)11)6-8(2)12(13)14/h3-6H,1-2H3. The molecule has 1 aromatic rings. The van der Waals surface area contributed by atoms with E-state index in [0.717, 1.165) is 15.6 Å². The van der Waals surface area contributed by atoms with Crippen molar-refractivity contribution < 1.29 is 4.92 Å². The van der Waals surface area contributed by atoms with Crippen LogP contribution in [-0.2, 0) is 0 Å². The van der Waals surface area contributed by atoms with Crippen LogP contribution in [0.25, 0.3) is 6.08 Å². The monoisotopic (exact) mass is 255 g/mol. The fourth-order valence-corrected chi connectivity index (χ4v) is 1.30. The third kappa shape index (κ3) is 2.67. The summed E-state index contributed by atoms with van der Waals surface area (Å²) in [6.07, 6.45) is 1.56. The smallest absolute Gasteiger partial charge is 0.243 e. The molecule has 0 radical (unpaired) electrons. The van der Waals surface area contributed by atoms with E-state index < -0.39 is 4.92 Å². The molecule has 0 spiro atoms. The van der Waals surface area contributed by atoms with Crippen molar-refractivity contribution in [3.8, 4) is 0 Å². The Morgan fingerprint density at radius 1 is 1.57 bits per heavy atom. The van der Waals surface area contributed by atoms with Gasteiger partial charge >= 0.3 is 0 Å². The summed E-state index contributed by atoms with van der Waals surface area (Å²) in [6.45, 7) is 3.43. The number of allylic oxidation sites excluding steroid dienone is 1. The van der Waals surface area contributed by atoms with Gasteiger partial charge in [0.1, 0.15) is 0 Å². The highest BCUT2D eigenvalue weighted by molar-refractivity contribution is 9.10. The SMILES string of the molecule is CC(=Cc1ccc(Br)c(C)c1)[N+](=O)[O-]. The quantitative estimate of drug-likeness (QED) is 0.601. The number of hydrogen-bond donors (Lipinski definition) is 0. The van der Waals surface area contributed by atoms with Crippen LogP contribution in [-0.4, -0.2) is 4.92 Å². The maximum absolute atomic E-state index is 10.4. The number of halogens is 1. The fourth-order valence-electron chi connectivity index (χ4n) is 1.05. The molecule has 0 aromatic heterocycles. The molecule has 0 unspecified atom stereocenters. The Labute approximate surface area is 90.7 Å². The average Bonchev–Trinajstić information content (AvgIpc) is 2.11. The van der Waals surface area contributed by atoms with E-state index in [0.29, 0.717) is 0 Å². The van der Waals surface area contributed by atoms with Crippen molar-refractivity contribution in [2.75, 3.05) is 0 Å². The van der Waals surface area contributed by atoms with Gasteiger partial charge in [-0.25, -0.2) is 0 Å². The Hall–Kier alpha value is -1.16. The largest absolute Gasteiger partial charge is 0.259 e. The molecule has 4 heteroatoms. The molecule has 3 nitrogen and oxygen atoms in total. The van der Waals surface area contributed by atoms with Crippen molar-refractivity contribution in [2.24, 2.45) is 0 Å². The first-order valence-corrected chi connectivity index (χ1v) is 4.89. The van der Waals surface area contributed by atoms with Gasteiger partial charge in [-0.2, -0.15) is 0 Å². The van der Waals surface area contributed by atoms with E-state index in [1.165, 1.54) is 6.92 Å². The van der Waals surface area contributed by atoms with Crippen LogP contribution in [0.2, 0.25) is 0 Å². The topological polar surface area (TPSA) is 43.1 Å². The Bertz CT molecular complexity index is 399. The van der Waals surface area contributed by atoms with Crippen molar-refractivity contribution in [3.05, 3.63) is 49.6 Å². The second-order valence-electron chi connectivity index (χ2n) is 3.05. The van der Waals surface area contributed by atoms with Gasteiger partial charge in [-0.1, -0.05) is 28.1 Å². The highest BCUT2D eigenvalue weighted by Crippen LogP contribution is 2.18. The Kier molecular flexibility index (Phi) is 3.41. The van der Waals surface area contributed by atoms with E-state index in [1.807, 2.05) is 25.1 Å². The van der Waals surface area contributed by atoms with E-state index in [2.05, 4.69) is 15.9 Å². The molecule has 0 saturated heterocycles. The molecule has 0 fully saturated rings. The lowest BCUT2D eigenvalue weighted by molar-refractivity contribution is -0.422. The van der Waals surface area contributed by atoms with Crippen LogP contribution >= 0.6 is 15.9 Å². The molecule has 0 atom stereocenters. The molecule has 0 N–H and O–H groups in total. The molecular weight excluding hydrogens is 246 g/mol. The molecule has 0 aliphatic rings. The van der Waals surface area contributed by atoms with Crippen molar-refractivity contribution in [3.63, 3.8) is 0 Å². The summed E-state index contributed by atoms with van der Waals surface area (Å²) in [5.74, 6) is 0. The normalized spacial score (nSPS) is 11.5. The van der Waals surface area contributed by atoms with Crippen LogP contribution in [0.4, 0.5) is 0 Å². The predicted molar refractivity (Wildman–Crippen MR) is 59.5 cm³/mol. The Morgan fingerprint density at radius 2 is 2.21 bits per heavy atom. The molecule has 74 valence electrons. The number of hydrogen-bond acceptors (Lipinski definition) is 2. The van der Waals surface area contributed by atoms with Crippen molar-refractivity contribution in [2.45, 2.75) is 13.8 Å². The van der Waals surface area contributed by atoms with Gasteiger partial charge in [0.15, 0.2) is 0 Å². The van der Waals surface area contributed by atoms with Gasteiger partial charge in [0, 0.05) is 17.5 Å². The van der Waals surface area contributed by atoms with Gasteiger partial charge < -0.3 is 0 Å². The van der Waals surface area contributed by atoms with Gasteiger partial charge in [-0.3, -0.25) is 10.1 Å². The van der Waals surface area contributed by atoms with E-state index in [1.54, 1.807) is 6.08 Å². The summed E-state index contributed by atoms with van der Waals surface area (Å²) in [7, 11) is 0. The van der Waals surface area contributed by atoms with E-state index in [-0.39, 0.29) is 5.70 Å². The van der Waals surface area contributed by atoms with Crippen LogP contribution in [0.3, 0.4) is 0 Å². The zero-order valence-electron chi connectivity index (χ0n) is 7.95. The number of nitrogens with zero attached hydrogens (tertiary/aromatic N) is 1. The molecule has 1 aromatic carbocycles. The fraction of sp³-hybridized carbons (Fsp3) is 0.200. The molecule has 0 aliphatic carbocycles. The van der Waals surface area contributed by atoms with Gasteiger partial charge in [-0.05, 0) is 24.1 Å². The lowest BCUT2D eigenvalue weighted by Gasteiger charge is -1.99. The summed E-state index contributed by atoms with van der Waals surface area (Å²) in [5.41, 5.74) is 2.06. The minimum Gasteiger partial charge on any atom is -0.259 e. The van der Waals surface area contributed by atoms with E-state index >= 15 is 0 Å². The third-order valence-electron chi connectivity index (χ3n) is 1.85. The maximum atomic E-state index is 10.4. The minimum atomic E-state index is -0.391. The van der Waals surface area contributed by atoms with Gasteiger partial charge in [0.05, 0.1) is 4.92 Å². The lowest BCUT2D eigenvalue weighted by atomic mass is 10.1. The first-order valence-electron chi connectivity index (χ1n) is 4.09. The summed E-state index contributed by atoms with van der Waals surface area (Å²) >= 11 is 3.37. The number of nitro groups is 1. The maximum Gasteiger partial charge on any atom is 0.243 e. The van der Waals surface area contributed by atoms with Crippen LogP contribution in [0.1, 0.15) is 18.1 Å².